The van der Waals surface area contributed by atoms with E-state index < -0.39 is 0 Å². The average Bonchev–Trinajstić information content (AvgIpc) is 3.06. The normalized spacial score (nSPS) is 18.4. The largest absolute Gasteiger partial charge is 0.354 e. The first-order valence-electron chi connectivity index (χ1n) is 6.10. The highest BCUT2D eigenvalue weighted by Gasteiger charge is 2.26. The zero-order valence-electron chi connectivity index (χ0n) is 10.3. The summed E-state index contributed by atoms with van der Waals surface area (Å²) in [6, 6.07) is 0.348. The maximum absolute atomic E-state index is 5.33. The van der Waals surface area contributed by atoms with Crippen LogP contribution in [0, 0.1) is 5.92 Å². The summed E-state index contributed by atoms with van der Waals surface area (Å²) in [6.07, 6.45) is 6.37. The maximum Gasteiger partial charge on any atom is 0.171 e. The molecule has 3 nitrogen and oxygen atoms in total. The zero-order valence-corrected chi connectivity index (χ0v) is 10.3. The molecule has 15 heavy (non-hydrogen) atoms. The number of hydrogen-bond acceptors (Lipinski definition) is 3. The Morgan fingerprint density at radius 1 is 1.27 bits per heavy atom. The van der Waals surface area contributed by atoms with E-state index in [1.54, 1.807) is 14.2 Å². The summed E-state index contributed by atoms with van der Waals surface area (Å²) in [5, 5.41) is 3.50. The first-order valence-corrected chi connectivity index (χ1v) is 6.10. The Labute approximate surface area is 93.5 Å². The van der Waals surface area contributed by atoms with Gasteiger partial charge >= 0.3 is 0 Å². The molecule has 1 fully saturated rings. The predicted octanol–water partition coefficient (Wildman–Crippen LogP) is 2.16. The highest BCUT2D eigenvalue weighted by molar-refractivity contribution is 4.78. The summed E-state index contributed by atoms with van der Waals surface area (Å²) >= 11 is 0. The lowest BCUT2D eigenvalue weighted by Gasteiger charge is -2.25. The lowest BCUT2D eigenvalue weighted by atomic mass is 10.1. The number of ether oxygens (including phenoxy) is 2. The average molecular weight is 215 g/mol. The number of nitrogens with one attached hydrogen (secondary N) is 1. The molecule has 0 aromatic carbocycles. The molecule has 90 valence electrons. The Hall–Kier alpha value is -0.120. The first kappa shape index (κ1) is 12.9. The standard InChI is InChI=1S/C12H25NO2/c1-4-9-13-11(12(14-2)15-3)8-7-10-5-6-10/h10-13H,4-9H2,1-3H3. The van der Waals surface area contributed by atoms with Crippen molar-refractivity contribution in [3.05, 3.63) is 0 Å². The molecule has 1 saturated carbocycles. The van der Waals surface area contributed by atoms with Crippen molar-refractivity contribution in [2.75, 3.05) is 20.8 Å². The molecule has 1 N–H and O–H groups in total. The fourth-order valence-corrected chi connectivity index (χ4v) is 1.91. The molecule has 0 saturated heterocycles. The quantitative estimate of drug-likeness (QED) is 0.598. The second kappa shape index (κ2) is 7.20. The Balaban J connectivity index is 2.27. The van der Waals surface area contributed by atoms with E-state index in [0.717, 1.165) is 25.3 Å². The van der Waals surface area contributed by atoms with Crippen LogP contribution in [0.3, 0.4) is 0 Å². The van der Waals surface area contributed by atoms with Crippen LogP contribution in [-0.4, -0.2) is 33.1 Å². The Kier molecular flexibility index (Phi) is 6.22. The van der Waals surface area contributed by atoms with Gasteiger partial charge in [-0.3, -0.25) is 0 Å². The molecule has 1 aliphatic carbocycles. The summed E-state index contributed by atoms with van der Waals surface area (Å²) in [7, 11) is 3.43. The molecule has 1 unspecified atom stereocenters. The molecule has 0 spiro atoms. The molecule has 0 radical (unpaired) electrons. The number of methoxy groups -OCH3 is 2. The molecular formula is C12H25NO2. The van der Waals surface area contributed by atoms with Gasteiger partial charge in [0.25, 0.3) is 0 Å². The van der Waals surface area contributed by atoms with Crippen LogP contribution in [0.2, 0.25) is 0 Å². The molecule has 0 aromatic rings. The predicted molar refractivity (Wildman–Crippen MR) is 61.8 cm³/mol. The van der Waals surface area contributed by atoms with Gasteiger partial charge in [0.05, 0.1) is 6.04 Å². The van der Waals surface area contributed by atoms with Gasteiger partial charge in [0.1, 0.15) is 0 Å². The minimum atomic E-state index is -0.102. The van der Waals surface area contributed by atoms with Crippen molar-refractivity contribution in [3.8, 4) is 0 Å². The van der Waals surface area contributed by atoms with E-state index in [1.807, 2.05) is 0 Å². The minimum Gasteiger partial charge on any atom is -0.354 e. The van der Waals surface area contributed by atoms with Crippen LogP contribution in [-0.2, 0) is 9.47 Å². The van der Waals surface area contributed by atoms with E-state index in [2.05, 4.69) is 12.2 Å². The van der Waals surface area contributed by atoms with Crippen molar-refractivity contribution in [2.24, 2.45) is 5.92 Å². The lowest BCUT2D eigenvalue weighted by Crippen LogP contribution is -2.42. The van der Waals surface area contributed by atoms with Gasteiger partial charge in [0.15, 0.2) is 6.29 Å². The summed E-state index contributed by atoms with van der Waals surface area (Å²) in [4.78, 5) is 0. The second-order valence-corrected chi connectivity index (χ2v) is 4.42. The Morgan fingerprint density at radius 3 is 2.40 bits per heavy atom. The smallest absolute Gasteiger partial charge is 0.171 e. The van der Waals surface area contributed by atoms with E-state index in [4.69, 9.17) is 9.47 Å². The van der Waals surface area contributed by atoms with E-state index in [0.29, 0.717) is 6.04 Å². The zero-order chi connectivity index (χ0) is 11.1. The number of hydrogen-bond donors (Lipinski definition) is 1. The third-order valence-electron chi connectivity index (χ3n) is 3.03. The molecule has 1 aliphatic rings. The SMILES string of the molecule is CCCNC(CCC1CC1)C(OC)OC. The Morgan fingerprint density at radius 2 is 1.93 bits per heavy atom. The molecular weight excluding hydrogens is 190 g/mol. The van der Waals surface area contributed by atoms with Gasteiger partial charge in [-0.25, -0.2) is 0 Å². The first-order chi connectivity index (χ1) is 7.31. The van der Waals surface area contributed by atoms with Gasteiger partial charge in [-0.15, -0.1) is 0 Å². The molecule has 3 heteroatoms. The Bertz CT molecular complexity index is 156. The van der Waals surface area contributed by atoms with Crippen LogP contribution in [0.15, 0.2) is 0 Å². The third kappa shape index (κ3) is 4.96. The van der Waals surface area contributed by atoms with Crippen LogP contribution >= 0.6 is 0 Å². The van der Waals surface area contributed by atoms with Crippen LogP contribution in [0.1, 0.15) is 39.0 Å². The van der Waals surface area contributed by atoms with Gasteiger partial charge < -0.3 is 14.8 Å². The fourth-order valence-electron chi connectivity index (χ4n) is 1.91. The molecule has 0 amide bonds. The van der Waals surface area contributed by atoms with Crippen molar-refractivity contribution >= 4 is 0 Å². The van der Waals surface area contributed by atoms with Crippen molar-refractivity contribution in [3.63, 3.8) is 0 Å². The molecule has 1 rings (SSSR count). The lowest BCUT2D eigenvalue weighted by molar-refractivity contribution is -0.124. The van der Waals surface area contributed by atoms with E-state index >= 15 is 0 Å². The fraction of sp³-hybridized carbons (Fsp3) is 1.00. The highest BCUT2D eigenvalue weighted by atomic mass is 16.7. The van der Waals surface area contributed by atoms with Gasteiger partial charge in [-0.05, 0) is 31.7 Å². The minimum absolute atomic E-state index is 0.102. The summed E-state index contributed by atoms with van der Waals surface area (Å²) in [5.74, 6) is 0.977. The topological polar surface area (TPSA) is 30.5 Å². The second-order valence-electron chi connectivity index (χ2n) is 4.42. The molecule has 0 aromatic heterocycles. The van der Waals surface area contributed by atoms with Gasteiger partial charge in [-0.2, -0.15) is 0 Å². The van der Waals surface area contributed by atoms with Crippen molar-refractivity contribution in [1.82, 2.24) is 5.32 Å². The molecule has 1 atom stereocenters. The monoisotopic (exact) mass is 215 g/mol. The summed E-state index contributed by atoms with van der Waals surface area (Å²) < 4.78 is 10.7. The third-order valence-corrected chi connectivity index (χ3v) is 3.03. The van der Waals surface area contributed by atoms with Crippen molar-refractivity contribution in [2.45, 2.75) is 51.4 Å². The van der Waals surface area contributed by atoms with Gasteiger partial charge in [0.2, 0.25) is 0 Å². The van der Waals surface area contributed by atoms with E-state index in [1.165, 1.54) is 19.3 Å². The van der Waals surface area contributed by atoms with E-state index in [-0.39, 0.29) is 6.29 Å². The van der Waals surface area contributed by atoms with Gasteiger partial charge in [-0.1, -0.05) is 19.8 Å². The molecule has 0 bridgehead atoms. The molecule has 0 aliphatic heterocycles. The van der Waals surface area contributed by atoms with Crippen LogP contribution in [0.4, 0.5) is 0 Å². The van der Waals surface area contributed by atoms with Crippen LogP contribution in [0.25, 0.3) is 0 Å². The highest BCUT2D eigenvalue weighted by Crippen LogP contribution is 2.34. The molecule has 0 heterocycles. The van der Waals surface area contributed by atoms with Gasteiger partial charge in [0, 0.05) is 14.2 Å². The number of rotatable bonds is 9. The van der Waals surface area contributed by atoms with E-state index in [9.17, 15) is 0 Å². The maximum atomic E-state index is 5.33. The van der Waals surface area contributed by atoms with Crippen LogP contribution in [0.5, 0.6) is 0 Å². The van der Waals surface area contributed by atoms with Crippen molar-refractivity contribution in [1.29, 1.82) is 0 Å². The summed E-state index contributed by atoms with van der Waals surface area (Å²) in [6.45, 7) is 3.22. The summed E-state index contributed by atoms with van der Waals surface area (Å²) in [5.41, 5.74) is 0. The van der Waals surface area contributed by atoms with Crippen LogP contribution < -0.4 is 5.32 Å². The van der Waals surface area contributed by atoms with Crippen molar-refractivity contribution < 1.29 is 9.47 Å².